The molecule has 3 rings (SSSR count). The molecule has 2 aromatic rings. The summed E-state index contributed by atoms with van der Waals surface area (Å²) in [5.41, 5.74) is 0.867. The first kappa shape index (κ1) is 16.7. The second-order valence-corrected chi connectivity index (χ2v) is 6.95. The molecular formula is C18H28N6. The van der Waals surface area contributed by atoms with Crippen molar-refractivity contribution in [2.24, 2.45) is 16.8 Å². The van der Waals surface area contributed by atoms with Crippen LogP contribution in [0.5, 0.6) is 0 Å². The minimum atomic E-state index is 0.541. The lowest BCUT2D eigenvalue weighted by molar-refractivity contribution is 0.403. The van der Waals surface area contributed by atoms with Crippen molar-refractivity contribution in [2.75, 3.05) is 19.6 Å². The molecule has 0 saturated carbocycles. The van der Waals surface area contributed by atoms with Crippen molar-refractivity contribution in [3.63, 3.8) is 0 Å². The highest BCUT2D eigenvalue weighted by atomic mass is 15.3. The van der Waals surface area contributed by atoms with Gasteiger partial charge in [0, 0.05) is 25.8 Å². The summed E-state index contributed by atoms with van der Waals surface area (Å²) in [6.45, 7) is 10.3. The van der Waals surface area contributed by atoms with Crippen molar-refractivity contribution in [1.82, 2.24) is 24.8 Å². The zero-order valence-corrected chi connectivity index (χ0v) is 14.9. The maximum Gasteiger partial charge on any atom is 0.194 e. The Morgan fingerprint density at radius 1 is 1.38 bits per heavy atom. The maximum atomic E-state index is 4.81. The fourth-order valence-corrected chi connectivity index (χ4v) is 3.45. The van der Waals surface area contributed by atoms with Gasteiger partial charge in [-0.1, -0.05) is 19.9 Å². The average Bonchev–Trinajstić information content (AvgIpc) is 3.18. The van der Waals surface area contributed by atoms with Gasteiger partial charge in [0.25, 0.3) is 0 Å². The first-order chi connectivity index (χ1) is 11.7. The van der Waals surface area contributed by atoms with E-state index in [1.54, 1.807) is 0 Å². The largest absolute Gasteiger partial charge is 0.357 e. The van der Waals surface area contributed by atoms with E-state index in [0.717, 1.165) is 48.9 Å². The summed E-state index contributed by atoms with van der Waals surface area (Å²) in [6.07, 6.45) is 4.54. The molecule has 6 nitrogen and oxygen atoms in total. The van der Waals surface area contributed by atoms with Gasteiger partial charge < -0.3 is 10.2 Å². The summed E-state index contributed by atoms with van der Waals surface area (Å²) < 4.78 is 2.00. The Hall–Kier alpha value is -2.11. The number of aliphatic imine (C=N–C) groups is 1. The van der Waals surface area contributed by atoms with Gasteiger partial charge in [0.2, 0.25) is 0 Å². The second kappa shape index (κ2) is 7.64. The molecule has 1 unspecified atom stereocenters. The van der Waals surface area contributed by atoms with Crippen molar-refractivity contribution in [3.8, 4) is 0 Å². The number of likely N-dealkylation sites (tertiary alicyclic amines) is 1. The van der Waals surface area contributed by atoms with Crippen LogP contribution in [0.25, 0.3) is 5.65 Å². The van der Waals surface area contributed by atoms with Crippen molar-refractivity contribution < 1.29 is 0 Å². The van der Waals surface area contributed by atoms with E-state index in [0.29, 0.717) is 6.54 Å². The zero-order valence-electron chi connectivity index (χ0n) is 14.9. The first-order valence-corrected chi connectivity index (χ1v) is 8.99. The summed E-state index contributed by atoms with van der Waals surface area (Å²) in [5.74, 6) is 3.41. The van der Waals surface area contributed by atoms with Gasteiger partial charge >= 0.3 is 0 Å². The van der Waals surface area contributed by atoms with Crippen LogP contribution in [-0.4, -0.2) is 45.1 Å². The molecule has 2 aromatic heterocycles. The topological polar surface area (TPSA) is 57.8 Å². The van der Waals surface area contributed by atoms with E-state index >= 15 is 0 Å². The molecule has 24 heavy (non-hydrogen) atoms. The Kier molecular flexibility index (Phi) is 5.33. The fraction of sp³-hybridized carbons (Fsp3) is 0.611. The number of hydrogen-bond donors (Lipinski definition) is 1. The van der Waals surface area contributed by atoms with Gasteiger partial charge in [-0.05, 0) is 43.7 Å². The minimum Gasteiger partial charge on any atom is -0.357 e. The van der Waals surface area contributed by atoms with Crippen LogP contribution < -0.4 is 5.32 Å². The van der Waals surface area contributed by atoms with Gasteiger partial charge in [-0.25, -0.2) is 4.99 Å². The number of nitrogens with one attached hydrogen (secondary N) is 1. The van der Waals surface area contributed by atoms with E-state index < -0.39 is 0 Å². The summed E-state index contributed by atoms with van der Waals surface area (Å²) in [6, 6.07) is 5.92. The number of fused-ring (bicyclic) bond motifs is 1. The molecule has 6 heteroatoms. The number of rotatable bonds is 5. The van der Waals surface area contributed by atoms with E-state index in [-0.39, 0.29) is 0 Å². The van der Waals surface area contributed by atoms with E-state index in [2.05, 4.69) is 41.2 Å². The predicted octanol–water partition coefficient (Wildman–Crippen LogP) is 2.56. The quantitative estimate of drug-likeness (QED) is 0.677. The Morgan fingerprint density at radius 3 is 3.04 bits per heavy atom. The standard InChI is InChI=1S/C18H28N6/c1-4-19-18(23-10-8-15(13-23)11-14(2)3)20-12-17-22-21-16-7-5-6-9-24(16)17/h5-7,9,14-15H,4,8,10-13H2,1-3H3,(H,19,20). The molecule has 0 amide bonds. The maximum absolute atomic E-state index is 4.81. The molecule has 1 aliphatic heterocycles. The van der Waals surface area contributed by atoms with Crippen molar-refractivity contribution in [1.29, 1.82) is 0 Å². The van der Waals surface area contributed by atoms with Crippen LogP contribution in [0.2, 0.25) is 0 Å². The Balaban J connectivity index is 1.70. The monoisotopic (exact) mass is 328 g/mol. The van der Waals surface area contributed by atoms with E-state index in [1.165, 1.54) is 12.8 Å². The van der Waals surface area contributed by atoms with Gasteiger partial charge in [-0.2, -0.15) is 0 Å². The SMILES string of the molecule is CCNC(=NCc1nnc2ccccn12)N1CCC(CC(C)C)C1. The summed E-state index contributed by atoms with van der Waals surface area (Å²) in [4.78, 5) is 7.20. The third-order valence-electron chi connectivity index (χ3n) is 4.48. The van der Waals surface area contributed by atoms with Crippen LogP contribution in [0.4, 0.5) is 0 Å². The van der Waals surface area contributed by atoms with Crippen LogP contribution >= 0.6 is 0 Å². The zero-order chi connectivity index (χ0) is 16.9. The second-order valence-electron chi connectivity index (χ2n) is 6.95. The van der Waals surface area contributed by atoms with E-state index in [1.807, 2.05) is 28.8 Å². The first-order valence-electron chi connectivity index (χ1n) is 8.99. The molecule has 0 bridgehead atoms. The number of aromatic nitrogens is 3. The lowest BCUT2D eigenvalue weighted by atomic mass is 9.97. The third kappa shape index (κ3) is 3.86. The van der Waals surface area contributed by atoms with Gasteiger partial charge in [0.1, 0.15) is 6.54 Å². The normalized spacial score (nSPS) is 18.8. The van der Waals surface area contributed by atoms with Gasteiger partial charge in [-0.15, -0.1) is 10.2 Å². The molecular weight excluding hydrogens is 300 g/mol. The van der Waals surface area contributed by atoms with Crippen molar-refractivity contribution >= 4 is 11.6 Å². The minimum absolute atomic E-state index is 0.541. The van der Waals surface area contributed by atoms with Crippen LogP contribution in [-0.2, 0) is 6.54 Å². The Bertz CT molecular complexity index is 690. The summed E-state index contributed by atoms with van der Waals surface area (Å²) in [5, 5.41) is 11.9. The van der Waals surface area contributed by atoms with Crippen LogP contribution in [0, 0.1) is 11.8 Å². The Labute approximate surface area is 144 Å². The highest BCUT2D eigenvalue weighted by Crippen LogP contribution is 2.23. The molecule has 1 aliphatic rings. The molecule has 0 spiro atoms. The smallest absolute Gasteiger partial charge is 0.194 e. The number of hydrogen-bond acceptors (Lipinski definition) is 3. The molecule has 130 valence electrons. The molecule has 0 aliphatic carbocycles. The molecule has 1 N–H and O–H groups in total. The lowest BCUT2D eigenvalue weighted by Gasteiger charge is -2.22. The molecule has 1 saturated heterocycles. The van der Waals surface area contributed by atoms with Crippen LogP contribution in [0.3, 0.4) is 0 Å². The Morgan fingerprint density at radius 2 is 2.25 bits per heavy atom. The average molecular weight is 328 g/mol. The molecule has 1 fully saturated rings. The fourth-order valence-electron chi connectivity index (χ4n) is 3.45. The number of nitrogens with zero attached hydrogens (tertiary/aromatic N) is 5. The molecule has 3 heterocycles. The predicted molar refractivity (Wildman–Crippen MR) is 96.9 cm³/mol. The molecule has 0 radical (unpaired) electrons. The number of guanidine groups is 1. The van der Waals surface area contributed by atoms with Gasteiger partial charge in [0.05, 0.1) is 0 Å². The summed E-state index contributed by atoms with van der Waals surface area (Å²) in [7, 11) is 0. The van der Waals surface area contributed by atoms with Crippen molar-refractivity contribution in [2.45, 2.75) is 40.2 Å². The number of pyridine rings is 1. The lowest BCUT2D eigenvalue weighted by Crippen LogP contribution is -2.40. The van der Waals surface area contributed by atoms with E-state index in [9.17, 15) is 0 Å². The molecule has 1 atom stereocenters. The van der Waals surface area contributed by atoms with Gasteiger partial charge in [0.15, 0.2) is 17.4 Å². The third-order valence-corrected chi connectivity index (χ3v) is 4.48. The van der Waals surface area contributed by atoms with Gasteiger partial charge in [-0.3, -0.25) is 4.40 Å². The summed E-state index contributed by atoms with van der Waals surface area (Å²) >= 11 is 0. The highest BCUT2D eigenvalue weighted by molar-refractivity contribution is 5.80. The van der Waals surface area contributed by atoms with Crippen LogP contribution in [0.1, 0.15) is 39.4 Å². The van der Waals surface area contributed by atoms with E-state index in [4.69, 9.17) is 4.99 Å². The highest BCUT2D eigenvalue weighted by Gasteiger charge is 2.25. The van der Waals surface area contributed by atoms with Crippen LogP contribution in [0.15, 0.2) is 29.4 Å². The molecule has 0 aromatic carbocycles. The van der Waals surface area contributed by atoms with Crippen molar-refractivity contribution in [3.05, 3.63) is 30.2 Å².